The summed E-state index contributed by atoms with van der Waals surface area (Å²) in [7, 11) is 0. The van der Waals surface area contributed by atoms with Crippen LogP contribution in [-0.4, -0.2) is 55.4 Å². The van der Waals surface area contributed by atoms with Crippen molar-refractivity contribution in [3.8, 4) is 5.75 Å². The van der Waals surface area contributed by atoms with Crippen LogP contribution >= 0.6 is 0 Å². The molecule has 110 valence electrons. The molecule has 2 rings (SSSR count). The fourth-order valence-corrected chi connectivity index (χ4v) is 2.16. The van der Waals surface area contributed by atoms with Gasteiger partial charge in [0.05, 0.1) is 13.2 Å². The predicted molar refractivity (Wildman–Crippen MR) is 75.2 cm³/mol. The minimum absolute atomic E-state index is 0.150. The van der Waals surface area contributed by atoms with Crippen LogP contribution in [0.5, 0.6) is 5.75 Å². The summed E-state index contributed by atoms with van der Waals surface area (Å²) in [6, 6.07) is 7.66. The second-order valence-corrected chi connectivity index (χ2v) is 4.84. The number of carboxylic acids is 1. The van der Waals surface area contributed by atoms with Crippen molar-refractivity contribution >= 4 is 5.97 Å². The summed E-state index contributed by atoms with van der Waals surface area (Å²) in [5.41, 5.74) is 0.997. The third-order valence-electron chi connectivity index (χ3n) is 3.31. The highest BCUT2D eigenvalue weighted by Crippen LogP contribution is 2.14. The molecule has 1 aromatic rings. The van der Waals surface area contributed by atoms with Gasteiger partial charge < -0.3 is 14.6 Å². The molecule has 0 spiro atoms. The van der Waals surface area contributed by atoms with Crippen molar-refractivity contribution in [2.24, 2.45) is 0 Å². The molecule has 1 fully saturated rings. The minimum atomic E-state index is -0.774. The van der Waals surface area contributed by atoms with Crippen LogP contribution in [0.1, 0.15) is 12.0 Å². The topological polar surface area (TPSA) is 59.0 Å². The molecule has 20 heavy (non-hydrogen) atoms. The first-order valence-corrected chi connectivity index (χ1v) is 6.98. The van der Waals surface area contributed by atoms with Gasteiger partial charge in [-0.05, 0) is 24.1 Å². The molecule has 1 aliphatic heterocycles. The van der Waals surface area contributed by atoms with E-state index in [0.29, 0.717) is 13.0 Å². The van der Waals surface area contributed by atoms with Gasteiger partial charge in [-0.15, -0.1) is 0 Å². The van der Waals surface area contributed by atoms with Crippen molar-refractivity contribution in [1.29, 1.82) is 0 Å². The van der Waals surface area contributed by atoms with Crippen LogP contribution in [-0.2, 0) is 16.0 Å². The zero-order valence-corrected chi connectivity index (χ0v) is 11.6. The Morgan fingerprint density at radius 3 is 2.90 bits per heavy atom. The fraction of sp³-hybridized carbons (Fsp3) is 0.533. The molecule has 0 saturated carbocycles. The Labute approximate surface area is 119 Å². The number of carbonyl (C=O) groups is 1. The van der Waals surface area contributed by atoms with Gasteiger partial charge in [-0.2, -0.15) is 0 Å². The van der Waals surface area contributed by atoms with E-state index in [-0.39, 0.29) is 6.42 Å². The Bertz CT molecular complexity index is 430. The summed E-state index contributed by atoms with van der Waals surface area (Å²) in [6.45, 7) is 5.05. The van der Waals surface area contributed by atoms with Crippen molar-refractivity contribution in [1.82, 2.24) is 4.90 Å². The normalized spacial score (nSPS) is 16.0. The smallest absolute Gasteiger partial charge is 0.303 e. The minimum Gasteiger partial charge on any atom is -0.492 e. The summed E-state index contributed by atoms with van der Waals surface area (Å²) < 4.78 is 11.0. The Hall–Kier alpha value is -1.59. The lowest BCUT2D eigenvalue weighted by molar-refractivity contribution is -0.136. The number of morpholine rings is 1. The quantitative estimate of drug-likeness (QED) is 0.818. The SMILES string of the molecule is O=C(O)CCc1cccc(OCCN2CCOCC2)c1. The van der Waals surface area contributed by atoms with Gasteiger partial charge >= 0.3 is 5.97 Å². The highest BCUT2D eigenvalue weighted by atomic mass is 16.5. The third-order valence-corrected chi connectivity index (χ3v) is 3.31. The largest absolute Gasteiger partial charge is 0.492 e. The number of hydrogen-bond donors (Lipinski definition) is 1. The molecule has 0 bridgehead atoms. The highest BCUT2D eigenvalue weighted by Gasteiger charge is 2.09. The maximum Gasteiger partial charge on any atom is 0.303 e. The average molecular weight is 279 g/mol. The molecule has 1 heterocycles. The highest BCUT2D eigenvalue weighted by molar-refractivity contribution is 5.67. The molecular formula is C15H21NO4. The summed E-state index contributed by atoms with van der Waals surface area (Å²) in [5, 5.41) is 8.68. The first kappa shape index (κ1) is 14.8. The summed E-state index contributed by atoms with van der Waals surface area (Å²) >= 11 is 0. The maximum absolute atomic E-state index is 10.6. The number of aryl methyl sites for hydroxylation is 1. The van der Waals surface area contributed by atoms with Crippen molar-refractivity contribution in [2.75, 3.05) is 39.5 Å². The first-order chi connectivity index (χ1) is 9.74. The van der Waals surface area contributed by atoms with Crippen molar-refractivity contribution in [2.45, 2.75) is 12.8 Å². The van der Waals surface area contributed by atoms with Gasteiger partial charge in [-0.3, -0.25) is 9.69 Å². The van der Waals surface area contributed by atoms with E-state index in [1.165, 1.54) is 0 Å². The molecule has 0 aromatic heterocycles. The number of rotatable bonds is 7. The lowest BCUT2D eigenvalue weighted by Gasteiger charge is -2.26. The van der Waals surface area contributed by atoms with E-state index in [9.17, 15) is 4.79 Å². The van der Waals surface area contributed by atoms with Gasteiger partial charge in [-0.25, -0.2) is 0 Å². The zero-order valence-electron chi connectivity index (χ0n) is 11.6. The molecule has 5 nitrogen and oxygen atoms in total. The second kappa shape index (κ2) is 7.87. The number of aliphatic carboxylic acids is 1. The first-order valence-electron chi connectivity index (χ1n) is 6.98. The lowest BCUT2D eigenvalue weighted by Crippen LogP contribution is -2.38. The zero-order chi connectivity index (χ0) is 14.2. The van der Waals surface area contributed by atoms with Gasteiger partial charge in [-0.1, -0.05) is 12.1 Å². The van der Waals surface area contributed by atoms with Crippen LogP contribution in [0.4, 0.5) is 0 Å². The van der Waals surface area contributed by atoms with Crippen LogP contribution in [0.2, 0.25) is 0 Å². The van der Waals surface area contributed by atoms with E-state index in [4.69, 9.17) is 14.6 Å². The Morgan fingerprint density at radius 2 is 2.15 bits per heavy atom. The van der Waals surface area contributed by atoms with Gasteiger partial charge in [0.25, 0.3) is 0 Å². The molecule has 0 amide bonds. The molecule has 1 N–H and O–H groups in total. The van der Waals surface area contributed by atoms with E-state index >= 15 is 0 Å². The summed E-state index contributed by atoms with van der Waals surface area (Å²) in [4.78, 5) is 12.9. The van der Waals surface area contributed by atoms with E-state index in [1.807, 2.05) is 24.3 Å². The standard InChI is InChI=1S/C15H21NO4/c17-15(18)5-4-13-2-1-3-14(12-13)20-11-8-16-6-9-19-10-7-16/h1-3,12H,4-11H2,(H,17,18). The van der Waals surface area contributed by atoms with Crippen LogP contribution < -0.4 is 4.74 Å². The van der Waals surface area contributed by atoms with Crippen LogP contribution in [0, 0.1) is 0 Å². The predicted octanol–water partition coefficient (Wildman–Crippen LogP) is 1.41. The molecule has 0 radical (unpaired) electrons. The monoisotopic (exact) mass is 279 g/mol. The second-order valence-electron chi connectivity index (χ2n) is 4.84. The Balaban J connectivity index is 1.74. The number of nitrogens with zero attached hydrogens (tertiary/aromatic N) is 1. The maximum atomic E-state index is 10.6. The molecule has 0 aliphatic carbocycles. The summed E-state index contributed by atoms with van der Waals surface area (Å²) in [6.07, 6.45) is 0.688. The van der Waals surface area contributed by atoms with Crippen molar-refractivity contribution < 1.29 is 19.4 Å². The molecule has 0 unspecified atom stereocenters. The van der Waals surface area contributed by atoms with Gasteiger partial charge in [0.15, 0.2) is 0 Å². The number of ether oxygens (including phenoxy) is 2. The van der Waals surface area contributed by atoms with Crippen molar-refractivity contribution in [3.63, 3.8) is 0 Å². The molecule has 1 aromatic carbocycles. The van der Waals surface area contributed by atoms with E-state index < -0.39 is 5.97 Å². The molecule has 1 saturated heterocycles. The van der Waals surface area contributed by atoms with Crippen LogP contribution in [0.3, 0.4) is 0 Å². The van der Waals surface area contributed by atoms with E-state index in [0.717, 1.165) is 44.2 Å². The van der Waals surface area contributed by atoms with Gasteiger partial charge in [0, 0.05) is 26.1 Å². The number of benzene rings is 1. The van der Waals surface area contributed by atoms with E-state index in [2.05, 4.69) is 4.90 Å². The van der Waals surface area contributed by atoms with Gasteiger partial charge in [0.1, 0.15) is 12.4 Å². The Morgan fingerprint density at radius 1 is 1.35 bits per heavy atom. The molecule has 5 heteroatoms. The summed E-state index contributed by atoms with van der Waals surface area (Å²) in [5.74, 6) is 0.0322. The molecule has 1 aliphatic rings. The Kier molecular flexibility index (Phi) is 5.83. The number of hydrogen-bond acceptors (Lipinski definition) is 4. The molecule has 0 atom stereocenters. The number of carboxylic acid groups (broad SMARTS) is 1. The average Bonchev–Trinajstić information content (AvgIpc) is 2.47. The third kappa shape index (κ3) is 5.19. The van der Waals surface area contributed by atoms with E-state index in [1.54, 1.807) is 0 Å². The molecular weight excluding hydrogens is 258 g/mol. The van der Waals surface area contributed by atoms with Crippen LogP contribution in [0.25, 0.3) is 0 Å². The lowest BCUT2D eigenvalue weighted by atomic mass is 10.1. The van der Waals surface area contributed by atoms with Crippen molar-refractivity contribution in [3.05, 3.63) is 29.8 Å². The van der Waals surface area contributed by atoms with Gasteiger partial charge in [0.2, 0.25) is 0 Å². The fourth-order valence-electron chi connectivity index (χ4n) is 2.16. The van der Waals surface area contributed by atoms with Crippen LogP contribution in [0.15, 0.2) is 24.3 Å².